The van der Waals surface area contributed by atoms with Gasteiger partial charge in [0.2, 0.25) is 0 Å². The Balaban J connectivity index is 0.000000195. The van der Waals surface area contributed by atoms with Crippen LogP contribution in [0.4, 0.5) is 16.2 Å². The molecule has 0 unspecified atom stereocenters. The molecule has 32 heavy (non-hydrogen) atoms. The van der Waals surface area contributed by atoms with E-state index in [1.165, 1.54) is 0 Å². The minimum atomic E-state index is -2.33. The van der Waals surface area contributed by atoms with Crippen LogP contribution in [-0.4, -0.2) is 6.16 Å². The molecule has 4 aromatic carbocycles. The van der Waals surface area contributed by atoms with Crippen LogP contribution >= 0.6 is 0 Å². The third kappa shape index (κ3) is 7.64. The summed E-state index contributed by atoms with van der Waals surface area (Å²) in [4.78, 5) is 8.33. The van der Waals surface area contributed by atoms with Gasteiger partial charge in [-0.25, -0.2) is 0 Å². The van der Waals surface area contributed by atoms with E-state index in [1.54, 1.807) is 0 Å². The summed E-state index contributed by atoms with van der Waals surface area (Å²) in [6.45, 7) is 0. The summed E-state index contributed by atoms with van der Waals surface area (Å²) in [5, 5.41) is 16.7. The number of nitrogen functional groups attached to an aromatic ring is 2. The number of anilines is 2. The van der Waals surface area contributed by atoms with Crippen molar-refractivity contribution in [3.8, 4) is 22.3 Å². The first kappa shape index (κ1) is 25.3. The van der Waals surface area contributed by atoms with E-state index in [0.717, 1.165) is 41.7 Å². The first-order chi connectivity index (χ1) is 15.3. The maximum absolute atomic E-state index is 8.33. The quantitative estimate of drug-likeness (QED) is 0.266. The fourth-order valence-electron chi connectivity index (χ4n) is 2.81. The Morgan fingerprint density at radius 1 is 0.531 bits per heavy atom. The van der Waals surface area contributed by atoms with E-state index >= 15 is 0 Å². The molecule has 0 fully saturated rings. The third-order valence-corrected chi connectivity index (χ3v) is 5.55. The predicted octanol–water partition coefficient (Wildman–Crippen LogP) is 1.77. The van der Waals surface area contributed by atoms with Gasteiger partial charge < -0.3 is 15.0 Å². The molecule has 5 nitrogen and oxygen atoms in total. The topological polar surface area (TPSA) is 115 Å². The summed E-state index contributed by atoms with van der Waals surface area (Å²) in [6, 6.07) is 32.0. The predicted molar refractivity (Wildman–Crippen MR) is 117 cm³/mol. The van der Waals surface area contributed by atoms with Crippen LogP contribution in [0, 0.1) is 0 Å². The standard InChI is InChI=1S/2C12H10N.CH2O3.2Pd/c2*13-12-9-5-4-8-11(12)10-6-2-1-3-7-10;2-1(3)4;;/h2*1-6,8-9H,13H2;(H2,2,3,4);;/q;;;2*+1/p-2. The van der Waals surface area contributed by atoms with Crippen molar-refractivity contribution in [2.45, 2.75) is 0 Å². The number of benzene rings is 4. The number of hydrogen-bond acceptors (Lipinski definition) is 5. The molecule has 0 bridgehead atoms. The Morgan fingerprint density at radius 3 is 1.06 bits per heavy atom. The smallest absolute Gasteiger partial charge is 0.0431 e. The first-order valence-corrected chi connectivity index (χ1v) is 10.9. The number of hydrogen-bond donors (Lipinski definition) is 2. The van der Waals surface area contributed by atoms with Gasteiger partial charge in [0, 0.05) is 0 Å². The largest absolute Gasteiger partial charge is 0.652 e. The molecule has 4 rings (SSSR count). The summed E-state index contributed by atoms with van der Waals surface area (Å²) in [5.41, 5.74) is 17.9. The molecule has 0 spiro atoms. The maximum Gasteiger partial charge on any atom is -0.0431 e. The zero-order valence-corrected chi connectivity index (χ0v) is 19.9. The average Bonchev–Trinajstić information content (AvgIpc) is 2.76. The molecule has 0 saturated heterocycles. The Bertz CT molecular complexity index is 1000. The van der Waals surface area contributed by atoms with Crippen LogP contribution in [0.1, 0.15) is 0 Å². The van der Waals surface area contributed by atoms with Gasteiger partial charge in [-0.05, 0) is 6.16 Å². The van der Waals surface area contributed by atoms with Crippen molar-refractivity contribution in [3.05, 3.63) is 97.1 Å². The maximum atomic E-state index is 8.33. The van der Waals surface area contributed by atoms with Gasteiger partial charge in [-0.15, -0.1) is 0 Å². The third-order valence-electron chi connectivity index (χ3n) is 4.20. The van der Waals surface area contributed by atoms with E-state index in [2.05, 4.69) is 50.5 Å². The molecule has 0 aliphatic carbocycles. The van der Waals surface area contributed by atoms with Crippen LogP contribution < -0.4 is 29.8 Å². The van der Waals surface area contributed by atoms with Crippen molar-refractivity contribution in [2.24, 2.45) is 0 Å². The molecule has 7 heteroatoms. The van der Waals surface area contributed by atoms with Crippen molar-refractivity contribution < 1.29 is 53.4 Å². The van der Waals surface area contributed by atoms with Gasteiger partial charge >= 0.3 is 189 Å². The summed E-state index contributed by atoms with van der Waals surface area (Å²) in [7, 11) is 0. The Kier molecular flexibility index (Phi) is 10.1. The first-order valence-electron chi connectivity index (χ1n) is 9.32. The van der Waals surface area contributed by atoms with Crippen LogP contribution in [-0.2, 0) is 38.4 Å². The molecule has 168 valence electrons. The van der Waals surface area contributed by atoms with Crippen molar-refractivity contribution in [1.29, 1.82) is 0 Å². The Morgan fingerprint density at radius 2 is 0.781 bits per heavy atom. The summed E-state index contributed by atoms with van der Waals surface area (Å²) in [6.07, 6.45) is -2.33. The van der Waals surface area contributed by atoms with Gasteiger partial charge in [0.15, 0.2) is 0 Å². The Hall–Kier alpha value is -2.93. The summed E-state index contributed by atoms with van der Waals surface area (Å²) >= 11 is 6.46. The zero-order valence-electron chi connectivity index (χ0n) is 16.7. The van der Waals surface area contributed by atoms with Crippen LogP contribution in [0.3, 0.4) is 0 Å². The van der Waals surface area contributed by atoms with E-state index in [4.69, 9.17) is 26.5 Å². The number of carbonyl (C=O) groups is 1. The summed E-state index contributed by atoms with van der Waals surface area (Å²) < 4.78 is 2.21. The number of rotatable bonds is 2. The Labute approximate surface area is 208 Å². The molecule has 0 atom stereocenters. The van der Waals surface area contributed by atoms with Crippen molar-refractivity contribution in [3.63, 3.8) is 0 Å². The molecule has 0 heterocycles. The van der Waals surface area contributed by atoms with Crippen LogP contribution in [0.2, 0.25) is 0 Å². The van der Waals surface area contributed by atoms with Crippen molar-refractivity contribution in [1.82, 2.24) is 0 Å². The van der Waals surface area contributed by atoms with Gasteiger partial charge in [0.1, 0.15) is 0 Å². The monoisotopic (exact) mass is 608 g/mol. The van der Waals surface area contributed by atoms with Crippen molar-refractivity contribution in [2.75, 3.05) is 11.5 Å². The minimum absolute atomic E-state index is 0.811. The van der Waals surface area contributed by atoms with E-state index in [0.29, 0.717) is 0 Å². The number of para-hydroxylation sites is 2. The van der Waals surface area contributed by atoms with Crippen LogP contribution in [0.15, 0.2) is 97.1 Å². The van der Waals surface area contributed by atoms with E-state index in [-0.39, 0.29) is 0 Å². The molecular formula is C25H20N2O3Pd2. The van der Waals surface area contributed by atoms with Gasteiger partial charge in [-0.3, -0.25) is 0 Å². The molecule has 0 aliphatic rings. The molecular weight excluding hydrogens is 589 g/mol. The fraction of sp³-hybridized carbons (Fsp3) is 0. The fourth-order valence-corrected chi connectivity index (χ4v) is 3.78. The van der Waals surface area contributed by atoms with Crippen LogP contribution in [0.5, 0.6) is 0 Å². The summed E-state index contributed by atoms with van der Waals surface area (Å²) in [5.74, 6) is 0. The molecule has 4 N–H and O–H groups in total. The molecule has 0 amide bonds. The molecule has 0 aliphatic heterocycles. The number of carboxylic acid groups (broad SMARTS) is 2. The molecule has 0 aromatic heterocycles. The van der Waals surface area contributed by atoms with Crippen molar-refractivity contribution >= 4 is 25.6 Å². The second-order valence-electron chi connectivity index (χ2n) is 6.32. The zero-order chi connectivity index (χ0) is 23.5. The number of nitrogens with two attached hydrogens (primary N) is 2. The molecule has 4 aromatic rings. The normalized spacial score (nSPS) is 9.62. The van der Waals surface area contributed by atoms with E-state index in [1.807, 2.05) is 84.9 Å². The van der Waals surface area contributed by atoms with Crippen LogP contribution in [0.25, 0.3) is 22.3 Å². The molecule has 0 radical (unpaired) electrons. The SMILES string of the molecule is Nc1ccccc1-c1cccc[c]1[Pd+].Nc1ccccc1-c1cccc[c]1[Pd+].O=C([O-])[O-]. The van der Waals surface area contributed by atoms with Gasteiger partial charge in [0.25, 0.3) is 0 Å². The van der Waals surface area contributed by atoms with E-state index in [9.17, 15) is 0 Å². The average molecular weight is 609 g/mol. The number of carbonyl (C=O) groups excluding carboxylic acids is 1. The molecule has 0 saturated carbocycles. The van der Waals surface area contributed by atoms with Gasteiger partial charge in [-0.2, -0.15) is 0 Å². The van der Waals surface area contributed by atoms with Gasteiger partial charge in [-0.1, -0.05) is 0 Å². The van der Waals surface area contributed by atoms with E-state index < -0.39 is 6.16 Å². The minimum Gasteiger partial charge on any atom is -0.652 e. The second-order valence-corrected chi connectivity index (χ2v) is 7.99. The van der Waals surface area contributed by atoms with Gasteiger partial charge in [0.05, 0.1) is 0 Å². The second kappa shape index (κ2) is 12.8.